The molecule has 0 unspecified atom stereocenters. The molecule has 2 rings (SSSR count). The fraction of sp³-hybridized carbons (Fsp3) is 0.385. The van der Waals surface area contributed by atoms with Gasteiger partial charge in [0.25, 0.3) is 0 Å². The maximum Gasteiger partial charge on any atom is 0.185 e. The summed E-state index contributed by atoms with van der Waals surface area (Å²) in [6.07, 6.45) is -0.755. The number of nitrogens with zero attached hydrogens (tertiary/aromatic N) is 2. The molecule has 0 bridgehead atoms. The minimum absolute atomic E-state index is 0.0919. The van der Waals surface area contributed by atoms with Crippen molar-refractivity contribution in [2.75, 3.05) is 31.8 Å². The predicted octanol–water partition coefficient (Wildman–Crippen LogP) is 1.97. The van der Waals surface area contributed by atoms with Crippen molar-refractivity contribution < 1.29 is 22.6 Å². The summed E-state index contributed by atoms with van der Waals surface area (Å²) in [6, 6.07) is 0. The Balaban J connectivity index is 2.56. The molecule has 0 saturated heterocycles. The van der Waals surface area contributed by atoms with Crippen LogP contribution in [-0.2, 0) is 9.47 Å². The van der Waals surface area contributed by atoms with Crippen LogP contribution in [0.2, 0.25) is 0 Å². The number of halogens is 3. The van der Waals surface area contributed by atoms with Gasteiger partial charge >= 0.3 is 0 Å². The predicted molar refractivity (Wildman–Crippen MR) is 74.9 cm³/mol. The number of aryl methyl sites for hydroxylation is 1. The molecule has 22 heavy (non-hydrogen) atoms. The third-order valence-electron chi connectivity index (χ3n) is 3.08. The molecule has 120 valence electrons. The molecule has 9 heteroatoms. The molecular weight excluding hydrogens is 301 g/mol. The summed E-state index contributed by atoms with van der Waals surface area (Å²) in [5.41, 5.74) is 4.47. The fourth-order valence-electron chi connectivity index (χ4n) is 2.01. The van der Waals surface area contributed by atoms with Crippen LogP contribution in [0.4, 0.5) is 24.7 Å². The van der Waals surface area contributed by atoms with Crippen molar-refractivity contribution in [3.05, 3.63) is 23.3 Å². The van der Waals surface area contributed by atoms with E-state index in [4.69, 9.17) is 15.2 Å². The molecule has 0 amide bonds. The van der Waals surface area contributed by atoms with Crippen LogP contribution in [0.3, 0.4) is 0 Å². The molecule has 0 aliphatic carbocycles. The van der Waals surface area contributed by atoms with Crippen LogP contribution in [0, 0.1) is 24.4 Å². The van der Waals surface area contributed by atoms with Crippen LogP contribution in [0.5, 0.6) is 0 Å². The molecule has 0 aliphatic heterocycles. The molecule has 2 aromatic rings. The van der Waals surface area contributed by atoms with E-state index in [9.17, 15) is 13.2 Å². The highest BCUT2D eigenvalue weighted by Gasteiger charge is 2.24. The van der Waals surface area contributed by atoms with Crippen LogP contribution in [0.1, 0.15) is 5.82 Å². The third kappa shape index (κ3) is 2.77. The van der Waals surface area contributed by atoms with Gasteiger partial charge in [-0.15, -0.1) is 0 Å². The van der Waals surface area contributed by atoms with E-state index < -0.39 is 40.3 Å². The van der Waals surface area contributed by atoms with E-state index >= 15 is 0 Å². The SMILES string of the molecule is COC(CNc1c(F)c(F)c2c(N)nc(C)nc2c1F)OC. The molecule has 1 heterocycles. The molecule has 0 atom stereocenters. The number of nitrogens with one attached hydrogen (secondary N) is 1. The van der Waals surface area contributed by atoms with Gasteiger partial charge in [0, 0.05) is 14.2 Å². The van der Waals surface area contributed by atoms with Gasteiger partial charge in [-0.3, -0.25) is 0 Å². The minimum Gasteiger partial charge on any atom is -0.383 e. The zero-order chi connectivity index (χ0) is 16.4. The van der Waals surface area contributed by atoms with Crippen molar-refractivity contribution in [1.29, 1.82) is 0 Å². The zero-order valence-electron chi connectivity index (χ0n) is 12.2. The maximum absolute atomic E-state index is 14.4. The average molecular weight is 316 g/mol. The maximum atomic E-state index is 14.4. The monoisotopic (exact) mass is 316 g/mol. The number of anilines is 2. The summed E-state index contributed by atoms with van der Waals surface area (Å²) in [5.74, 6) is -3.96. The van der Waals surface area contributed by atoms with Crippen molar-refractivity contribution in [2.24, 2.45) is 0 Å². The van der Waals surface area contributed by atoms with Gasteiger partial charge in [-0.05, 0) is 6.92 Å². The standard InChI is InChI=1S/C13H15F3N4O2/c1-5-19-11-7(13(17)20-5)8(14)9(15)12(10(11)16)18-4-6(21-2)22-3/h6,18H,4H2,1-3H3,(H2,17,19,20). The Morgan fingerprint density at radius 2 is 1.73 bits per heavy atom. The Hall–Kier alpha value is -2.13. The second-order valence-electron chi connectivity index (χ2n) is 4.48. The molecule has 0 fully saturated rings. The highest BCUT2D eigenvalue weighted by atomic mass is 19.2. The number of rotatable bonds is 5. The molecule has 6 nitrogen and oxygen atoms in total. The van der Waals surface area contributed by atoms with Gasteiger partial charge in [-0.25, -0.2) is 23.1 Å². The highest BCUT2D eigenvalue weighted by Crippen LogP contribution is 2.32. The second kappa shape index (κ2) is 6.32. The Morgan fingerprint density at radius 1 is 1.09 bits per heavy atom. The van der Waals surface area contributed by atoms with Gasteiger partial charge in [0.15, 0.2) is 23.7 Å². The molecule has 0 radical (unpaired) electrons. The normalized spacial score (nSPS) is 11.4. The quantitative estimate of drug-likeness (QED) is 0.648. The zero-order valence-corrected chi connectivity index (χ0v) is 12.2. The summed E-state index contributed by atoms with van der Waals surface area (Å²) < 4.78 is 52.4. The second-order valence-corrected chi connectivity index (χ2v) is 4.48. The summed E-state index contributed by atoms with van der Waals surface area (Å²) in [4.78, 5) is 7.50. The van der Waals surface area contributed by atoms with Crippen molar-refractivity contribution in [2.45, 2.75) is 13.2 Å². The lowest BCUT2D eigenvalue weighted by Gasteiger charge is -2.17. The molecule has 3 N–H and O–H groups in total. The lowest BCUT2D eigenvalue weighted by Crippen LogP contribution is -2.24. The molecule has 1 aromatic carbocycles. The summed E-state index contributed by atoms with van der Waals surface area (Å²) in [6.45, 7) is 1.38. The number of ether oxygens (including phenoxy) is 2. The lowest BCUT2D eigenvalue weighted by atomic mass is 10.1. The number of benzene rings is 1. The molecule has 1 aromatic heterocycles. The number of hydrogen-bond acceptors (Lipinski definition) is 6. The number of hydrogen-bond donors (Lipinski definition) is 2. The lowest BCUT2D eigenvalue weighted by molar-refractivity contribution is -0.0914. The van der Waals surface area contributed by atoms with E-state index in [1.807, 2.05) is 0 Å². The fourth-order valence-corrected chi connectivity index (χ4v) is 2.01. The Bertz CT molecular complexity index is 708. The number of nitrogen functional groups attached to an aromatic ring is 1. The molecule has 0 spiro atoms. The number of aromatic nitrogens is 2. The largest absolute Gasteiger partial charge is 0.383 e. The smallest absolute Gasteiger partial charge is 0.185 e. The number of methoxy groups -OCH3 is 2. The van der Waals surface area contributed by atoms with Crippen LogP contribution in [0.15, 0.2) is 0 Å². The molecule has 0 aliphatic rings. The van der Waals surface area contributed by atoms with Gasteiger partial charge < -0.3 is 20.5 Å². The van der Waals surface area contributed by atoms with Gasteiger partial charge in [0.05, 0.1) is 11.9 Å². The van der Waals surface area contributed by atoms with Crippen molar-refractivity contribution >= 4 is 22.4 Å². The Kier molecular flexibility index (Phi) is 4.67. The first-order valence-corrected chi connectivity index (χ1v) is 6.30. The number of fused-ring (bicyclic) bond motifs is 1. The van der Waals surface area contributed by atoms with Crippen molar-refractivity contribution in [3.8, 4) is 0 Å². The van der Waals surface area contributed by atoms with Gasteiger partial charge in [-0.2, -0.15) is 0 Å². The van der Waals surface area contributed by atoms with Crippen LogP contribution < -0.4 is 11.1 Å². The van der Waals surface area contributed by atoms with E-state index in [-0.39, 0.29) is 18.2 Å². The van der Waals surface area contributed by atoms with Crippen molar-refractivity contribution in [3.63, 3.8) is 0 Å². The summed E-state index contributed by atoms with van der Waals surface area (Å²) in [5, 5.41) is 1.93. The van der Waals surface area contributed by atoms with E-state index in [1.54, 1.807) is 0 Å². The van der Waals surface area contributed by atoms with Gasteiger partial charge in [0.1, 0.15) is 22.8 Å². The minimum atomic E-state index is -1.41. The molecular formula is C13H15F3N4O2. The van der Waals surface area contributed by atoms with Crippen LogP contribution >= 0.6 is 0 Å². The van der Waals surface area contributed by atoms with Gasteiger partial charge in [0.2, 0.25) is 0 Å². The first-order chi connectivity index (χ1) is 10.4. The van der Waals surface area contributed by atoms with E-state index in [1.165, 1.54) is 21.1 Å². The first kappa shape index (κ1) is 16.2. The van der Waals surface area contributed by atoms with E-state index in [0.29, 0.717) is 0 Å². The summed E-state index contributed by atoms with van der Waals surface area (Å²) >= 11 is 0. The van der Waals surface area contributed by atoms with Gasteiger partial charge in [-0.1, -0.05) is 0 Å². The Morgan fingerprint density at radius 3 is 2.32 bits per heavy atom. The van der Waals surface area contributed by atoms with E-state index in [0.717, 1.165) is 0 Å². The average Bonchev–Trinajstić information content (AvgIpc) is 2.48. The number of nitrogens with two attached hydrogens (primary N) is 1. The molecule has 0 saturated carbocycles. The van der Waals surface area contributed by atoms with E-state index in [2.05, 4.69) is 15.3 Å². The van der Waals surface area contributed by atoms with Crippen LogP contribution in [0.25, 0.3) is 10.9 Å². The topological polar surface area (TPSA) is 82.3 Å². The summed E-state index contributed by atoms with van der Waals surface area (Å²) in [7, 11) is 2.72. The third-order valence-corrected chi connectivity index (χ3v) is 3.08. The van der Waals surface area contributed by atoms with Crippen LogP contribution in [-0.4, -0.2) is 37.0 Å². The Labute approximate surface area is 124 Å². The highest BCUT2D eigenvalue weighted by molar-refractivity contribution is 5.91. The van der Waals surface area contributed by atoms with Crippen molar-refractivity contribution in [1.82, 2.24) is 9.97 Å². The first-order valence-electron chi connectivity index (χ1n) is 6.30.